The number of hydrogen-bond donors (Lipinski definition) is 2. The van der Waals surface area contributed by atoms with E-state index in [9.17, 15) is 4.79 Å². The molecule has 0 aliphatic heterocycles. The molecule has 0 bridgehead atoms. The number of benzene rings is 1. The highest BCUT2D eigenvalue weighted by Crippen LogP contribution is 2.23. The highest BCUT2D eigenvalue weighted by Gasteiger charge is 2.17. The Balaban J connectivity index is 2.79. The van der Waals surface area contributed by atoms with Crippen LogP contribution in [-0.2, 0) is 0 Å². The number of para-hydroxylation sites is 2. The summed E-state index contributed by atoms with van der Waals surface area (Å²) in [7, 11) is 1.57. The Morgan fingerprint density at radius 3 is 2.67 bits per heavy atom. The third-order valence-corrected chi connectivity index (χ3v) is 2.60. The molecule has 0 unspecified atom stereocenters. The van der Waals surface area contributed by atoms with E-state index in [1.165, 1.54) is 0 Å². The van der Waals surface area contributed by atoms with Gasteiger partial charge in [0.05, 0.1) is 12.8 Å². The number of hydrogen-bond acceptors (Lipinski definition) is 3. The molecule has 1 rings (SSSR count). The van der Waals surface area contributed by atoms with Crippen molar-refractivity contribution in [1.29, 1.82) is 0 Å². The second-order valence-corrected chi connectivity index (χ2v) is 4.21. The quantitative estimate of drug-likeness (QED) is 0.839. The molecule has 0 aromatic heterocycles. The second-order valence-electron chi connectivity index (χ2n) is 4.21. The molecule has 0 atom stereocenters. The van der Waals surface area contributed by atoms with Crippen molar-refractivity contribution in [3.63, 3.8) is 0 Å². The summed E-state index contributed by atoms with van der Waals surface area (Å²) in [4.78, 5) is 13.8. The van der Waals surface area contributed by atoms with Crippen molar-refractivity contribution in [2.24, 2.45) is 5.73 Å². The fourth-order valence-corrected chi connectivity index (χ4v) is 1.67. The van der Waals surface area contributed by atoms with Gasteiger partial charge in [0, 0.05) is 19.1 Å². The molecule has 0 saturated heterocycles. The second kappa shape index (κ2) is 6.86. The number of rotatable bonds is 5. The molecule has 5 heteroatoms. The first kappa shape index (κ1) is 14.3. The summed E-state index contributed by atoms with van der Waals surface area (Å²) in [5.74, 6) is 0.641. The van der Waals surface area contributed by atoms with E-state index >= 15 is 0 Å². The van der Waals surface area contributed by atoms with Crippen molar-refractivity contribution in [2.75, 3.05) is 25.5 Å². The van der Waals surface area contributed by atoms with Gasteiger partial charge in [-0.3, -0.25) is 0 Å². The van der Waals surface area contributed by atoms with Crippen LogP contribution in [0.25, 0.3) is 0 Å². The summed E-state index contributed by atoms with van der Waals surface area (Å²) in [6, 6.07) is 7.24. The van der Waals surface area contributed by atoms with Crippen LogP contribution in [0.1, 0.15) is 13.8 Å². The van der Waals surface area contributed by atoms with Gasteiger partial charge < -0.3 is 20.7 Å². The summed E-state index contributed by atoms with van der Waals surface area (Å²) < 4.78 is 5.19. The normalized spacial score (nSPS) is 10.3. The summed E-state index contributed by atoms with van der Waals surface area (Å²) in [5.41, 5.74) is 6.17. The van der Waals surface area contributed by atoms with E-state index in [-0.39, 0.29) is 12.1 Å². The van der Waals surface area contributed by atoms with Crippen molar-refractivity contribution in [3.05, 3.63) is 24.3 Å². The minimum atomic E-state index is -0.167. The minimum Gasteiger partial charge on any atom is -0.495 e. The maximum atomic E-state index is 12.1. The molecule has 0 aliphatic carbocycles. The first-order valence-electron chi connectivity index (χ1n) is 6.00. The lowest BCUT2D eigenvalue weighted by atomic mass is 10.3. The molecule has 0 fully saturated rings. The molecule has 0 saturated carbocycles. The van der Waals surface area contributed by atoms with E-state index in [0.717, 1.165) is 0 Å². The summed E-state index contributed by atoms with van der Waals surface area (Å²) in [6.45, 7) is 4.88. The first-order valence-corrected chi connectivity index (χ1v) is 6.00. The minimum absolute atomic E-state index is 0.100. The lowest BCUT2D eigenvalue weighted by Gasteiger charge is -2.26. The van der Waals surface area contributed by atoms with Crippen molar-refractivity contribution >= 4 is 11.7 Å². The van der Waals surface area contributed by atoms with Gasteiger partial charge in [0.1, 0.15) is 5.75 Å². The number of ether oxygens (including phenoxy) is 1. The van der Waals surface area contributed by atoms with Crippen LogP contribution in [0.5, 0.6) is 5.75 Å². The largest absolute Gasteiger partial charge is 0.495 e. The standard InChI is InChI=1S/C13H21N3O2/c1-10(2)16(9-8-14)13(17)15-11-6-4-5-7-12(11)18-3/h4-7,10H,8-9,14H2,1-3H3,(H,15,17). The maximum absolute atomic E-state index is 12.1. The molecule has 3 N–H and O–H groups in total. The van der Waals surface area contributed by atoms with Crippen LogP contribution in [0.3, 0.4) is 0 Å². The SMILES string of the molecule is COc1ccccc1NC(=O)N(CCN)C(C)C. The van der Waals surface area contributed by atoms with Gasteiger partial charge in [-0.1, -0.05) is 12.1 Å². The predicted octanol–water partition coefficient (Wildman–Crippen LogP) is 1.90. The Bertz CT molecular complexity index is 394. The third-order valence-electron chi connectivity index (χ3n) is 2.60. The average Bonchev–Trinajstić information content (AvgIpc) is 2.36. The van der Waals surface area contributed by atoms with Gasteiger partial charge in [0.25, 0.3) is 0 Å². The lowest BCUT2D eigenvalue weighted by Crippen LogP contribution is -2.42. The number of amides is 2. The number of nitrogens with zero attached hydrogens (tertiary/aromatic N) is 1. The molecule has 2 amide bonds. The molecule has 5 nitrogen and oxygen atoms in total. The number of methoxy groups -OCH3 is 1. The molecule has 0 heterocycles. The fraction of sp³-hybridized carbons (Fsp3) is 0.462. The molecule has 0 aliphatic rings. The van der Waals surface area contributed by atoms with Crippen LogP contribution >= 0.6 is 0 Å². The lowest BCUT2D eigenvalue weighted by molar-refractivity contribution is 0.199. The Hall–Kier alpha value is -1.75. The molecular weight excluding hydrogens is 230 g/mol. The van der Waals surface area contributed by atoms with E-state index < -0.39 is 0 Å². The van der Waals surface area contributed by atoms with Gasteiger partial charge in [-0.15, -0.1) is 0 Å². The van der Waals surface area contributed by atoms with Gasteiger partial charge >= 0.3 is 6.03 Å². The summed E-state index contributed by atoms with van der Waals surface area (Å²) in [5, 5.41) is 2.83. The summed E-state index contributed by atoms with van der Waals surface area (Å²) >= 11 is 0. The van der Waals surface area contributed by atoms with Gasteiger partial charge in [-0.2, -0.15) is 0 Å². The third kappa shape index (κ3) is 3.63. The molecule has 0 spiro atoms. The smallest absolute Gasteiger partial charge is 0.322 e. The van der Waals surface area contributed by atoms with Crippen molar-refractivity contribution in [1.82, 2.24) is 4.90 Å². The van der Waals surface area contributed by atoms with Crippen LogP contribution in [0, 0.1) is 0 Å². The van der Waals surface area contributed by atoms with E-state index in [1.807, 2.05) is 26.0 Å². The molecule has 1 aromatic carbocycles. The zero-order valence-electron chi connectivity index (χ0n) is 11.1. The zero-order chi connectivity index (χ0) is 13.5. The molecule has 18 heavy (non-hydrogen) atoms. The van der Waals surface area contributed by atoms with Crippen LogP contribution in [0.2, 0.25) is 0 Å². The van der Waals surface area contributed by atoms with E-state index in [2.05, 4.69) is 5.32 Å². The highest BCUT2D eigenvalue weighted by atomic mass is 16.5. The number of carbonyl (C=O) groups is 1. The van der Waals surface area contributed by atoms with Crippen LogP contribution in [0.15, 0.2) is 24.3 Å². The number of anilines is 1. The fourth-order valence-electron chi connectivity index (χ4n) is 1.67. The number of urea groups is 1. The predicted molar refractivity (Wildman–Crippen MR) is 72.9 cm³/mol. The van der Waals surface area contributed by atoms with E-state index in [0.29, 0.717) is 24.5 Å². The number of carbonyl (C=O) groups excluding carboxylic acids is 1. The molecular formula is C13H21N3O2. The first-order chi connectivity index (χ1) is 8.60. The van der Waals surface area contributed by atoms with Crippen LogP contribution < -0.4 is 15.8 Å². The van der Waals surface area contributed by atoms with Gasteiger partial charge in [-0.25, -0.2) is 4.79 Å². The van der Waals surface area contributed by atoms with Gasteiger partial charge in [0.15, 0.2) is 0 Å². The van der Waals surface area contributed by atoms with Gasteiger partial charge in [0.2, 0.25) is 0 Å². The van der Waals surface area contributed by atoms with Crippen molar-refractivity contribution in [2.45, 2.75) is 19.9 Å². The number of nitrogens with one attached hydrogen (secondary N) is 1. The van der Waals surface area contributed by atoms with E-state index in [4.69, 9.17) is 10.5 Å². The van der Waals surface area contributed by atoms with Crippen LogP contribution in [-0.4, -0.2) is 37.2 Å². The molecule has 1 aromatic rings. The molecule has 0 radical (unpaired) electrons. The van der Waals surface area contributed by atoms with Crippen molar-refractivity contribution < 1.29 is 9.53 Å². The molecule has 100 valence electrons. The Kier molecular flexibility index (Phi) is 5.45. The Labute approximate surface area is 108 Å². The monoisotopic (exact) mass is 251 g/mol. The highest BCUT2D eigenvalue weighted by molar-refractivity contribution is 5.91. The van der Waals surface area contributed by atoms with Crippen molar-refractivity contribution in [3.8, 4) is 5.75 Å². The van der Waals surface area contributed by atoms with Gasteiger partial charge in [-0.05, 0) is 26.0 Å². The topological polar surface area (TPSA) is 67.6 Å². The average molecular weight is 251 g/mol. The van der Waals surface area contributed by atoms with Crippen LogP contribution in [0.4, 0.5) is 10.5 Å². The Morgan fingerprint density at radius 1 is 1.44 bits per heavy atom. The number of nitrogens with two attached hydrogens (primary N) is 1. The van der Waals surface area contributed by atoms with E-state index in [1.54, 1.807) is 24.1 Å². The summed E-state index contributed by atoms with van der Waals surface area (Å²) in [6.07, 6.45) is 0. The zero-order valence-corrected chi connectivity index (χ0v) is 11.1. The Morgan fingerprint density at radius 2 is 2.11 bits per heavy atom. The maximum Gasteiger partial charge on any atom is 0.322 e.